The molecule has 0 aliphatic carbocycles. The zero-order valence-electron chi connectivity index (χ0n) is 10.4. The van der Waals surface area contributed by atoms with Gasteiger partial charge in [0, 0.05) is 27.5 Å². The van der Waals surface area contributed by atoms with Gasteiger partial charge in [0.1, 0.15) is 0 Å². The molecule has 0 radical (unpaired) electrons. The molecule has 0 aliphatic heterocycles. The largest absolute Gasteiger partial charge is 0.462 e. The van der Waals surface area contributed by atoms with Crippen molar-refractivity contribution in [3.8, 4) is 0 Å². The summed E-state index contributed by atoms with van der Waals surface area (Å²) in [6.07, 6.45) is 1.70. The molecular weight excluding hydrogens is 337 g/mol. The van der Waals surface area contributed by atoms with Crippen molar-refractivity contribution in [3.63, 3.8) is 0 Å². The summed E-state index contributed by atoms with van der Waals surface area (Å²) in [5.41, 5.74) is 1.68. The highest BCUT2D eigenvalue weighted by atomic mass is 79.9. The predicted octanol–water partition coefficient (Wildman–Crippen LogP) is 5.39. The highest BCUT2D eigenvalue weighted by Gasteiger charge is 2.17. The molecule has 2 rings (SSSR count). The van der Waals surface area contributed by atoms with Crippen LogP contribution in [0.5, 0.6) is 0 Å². The Bertz CT molecular complexity index is 587. The smallest absolute Gasteiger partial charge is 0.154 e. The van der Waals surface area contributed by atoms with Crippen molar-refractivity contribution >= 4 is 50.1 Å². The van der Waals surface area contributed by atoms with Crippen LogP contribution in [-0.4, -0.2) is 5.54 Å². The first-order valence-corrected chi connectivity index (χ1v) is 7.13. The first kappa shape index (κ1) is 14.2. The Labute approximate surface area is 125 Å². The second-order valence-corrected chi connectivity index (χ2v) is 6.86. The van der Waals surface area contributed by atoms with E-state index in [1.165, 1.54) is 0 Å². The number of benzene rings is 1. The standard InChI is InChI=1S/C13H14BrCl2NO/c1-13(2,3)17-5-7-6-18-12-9(15)4-8(14)11(16)10(7)12/h4,6,17H,5H2,1-3H3. The van der Waals surface area contributed by atoms with Gasteiger partial charge in [-0.25, -0.2) is 0 Å². The molecule has 1 heterocycles. The molecule has 0 bridgehead atoms. The zero-order valence-corrected chi connectivity index (χ0v) is 13.5. The number of fused-ring (bicyclic) bond motifs is 1. The maximum atomic E-state index is 6.30. The minimum Gasteiger partial charge on any atom is -0.462 e. The van der Waals surface area contributed by atoms with Crippen molar-refractivity contribution in [3.05, 3.63) is 32.4 Å². The normalized spacial score (nSPS) is 12.3. The van der Waals surface area contributed by atoms with Crippen molar-refractivity contribution in [1.82, 2.24) is 5.32 Å². The van der Waals surface area contributed by atoms with Crippen LogP contribution in [-0.2, 0) is 6.54 Å². The molecule has 2 nitrogen and oxygen atoms in total. The summed E-state index contributed by atoms with van der Waals surface area (Å²) < 4.78 is 6.28. The summed E-state index contributed by atoms with van der Waals surface area (Å²) in [5.74, 6) is 0. The van der Waals surface area contributed by atoms with Gasteiger partial charge in [0.2, 0.25) is 0 Å². The number of hydrogen-bond acceptors (Lipinski definition) is 2. The average Bonchev–Trinajstić information content (AvgIpc) is 2.66. The van der Waals surface area contributed by atoms with E-state index in [4.69, 9.17) is 27.6 Å². The van der Waals surface area contributed by atoms with Crippen molar-refractivity contribution in [2.24, 2.45) is 0 Å². The lowest BCUT2D eigenvalue weighted by Gasteiger charge is -2.20. The number of halogens is 3. The second kappa shape index (κ2) is 5.04. The molecule has 98 valence electrons. The molecular formula is C13H14BrCl2NO. The summed E-state index contributed by atoms with van der Waals surface area (Å²) in [6.45, 7) is 7.02. The van der Waals surface area contributed by atoms with Crippen LogP contribution in [0.15, 0.2) is 21.2 Å². The minimum absolute atomic E-state index is 0.0336. The average molecular weight is 351 g/mol. The van der Waals surface area contributed by atoms with Gasteiger partial charge in [-0.05, 0) is 42.8 Å². The lowest BCUT2D eigenvalue weighted by atomic mass is 10.1. The molecule has 18 heavy (non-hydrogen) atoms. The molecule has 1 N–H and O–H groups in total. The first-order valence-electron chi connectivity index (χ1n) is 5.58. The molecule has 1 aromatic heterocycles. The van der Waals surface area contributed by atoms with Crippen LogP contribution >= 0.6 is 39.1 Å². The topological polar surface area (TPSA) is 25.2 Å². The van der Waals surface area contributed by atoms with Crippen LogP contribution in [0.4, 0.5) is 0 Å². The van der Waals surface area contributed by atoms with E-state index in [9.17, 15) is 0 Å². The molecule has 2 aromatic rings. The Balaban J connectivity index is 2.47. The molecule has 5 heteroatoms. The van der Waals surface area contributed by atoms with E-state index < -0.39 is 0 Å². The fourth-order valence-electron chi connectivity index (χ4n) is 1.66. The van der Waals surface area contributed by atoms with Crippen LogP contribution < -0.4 is 5.32 Å². The van der Waals surface area contributed by atoms with E-state index in [2.05, 4.69) is 42.0 Å². The third kappa shape index (κ3) is 2.85. The quantitative estimate of drug-likeness (QED) is 0.734. The summed E-state index contributed by atoms with van der Waals surface area (Å²) in [5, 5.41) is 5.47. The SMILES string of the molecule is CC(C)(C)NCc1coc2c(Cl)cc(Br)c(Cl)c12. The van der Waals surface area contributed by atoms with Crippen LogP contribution in [0, 0.1) is 0 Å². The number of furan rings is 1. The highest BCUT2D eigenvalue weighted by molar-refractivity contribution is 9.10. The van der Waals surface area contributed by atoms with Gasteiger partial charge in [0.05, 0.1) is 16.3 Å². The van der Waals surface area contributed by atoms with Gasteiger partial charge in [-0.2, -0.15) is 0 Å². The van der Waals surface area contributed by atoms with E-state index in [1.54, 1.807) is 12.3 Å². The second-order valence-electron chi connectivity index (χ2n) is 5.22. The molecule has 0 saturated heterocycles. The lowest BCUT2D eigenvalue weighted by molar-refractivity contribution is 0.423. The van der Waals surface area contributed by atoms with Gasteiger partial charge in [-0.3, -0.25) is 0 Å². The Morgan fingerprint density at radius 3 is 2.61 bits per heavy atom. The molecule has 0 amide bonds. The number of hydrogen-bond donors (Lipinski definition) is 1. The molecule has 0 saturated carbocycles. The summed E-state index contributed by atoms with van der Waals surface area (Å²) >= 11 is 15.8. The van der Waals surface area contributed by atoms with Gasteiger partial charge in [-0.15, -0.1) is 0 Å². The molecule has 0 aliphatic rings. The zero-order chi connectivity index (χ0) is 13.5. The van der Waals surface area contributed by atoms with Gasteiger partial charge >= 0.3 is 0 Å². The maximum Gasteiger partial charge on any atom is 0.154 e. The Kier molecular flexibility index (Phi) is 3.98. The third-order valence-electron chi connectivity index (χ3n) is 2.58. The van der Waals surface area contributed by atoms with E-state index >= 15 is 0 Å². The van der Waals surface area contributed by atoms with Crippen molar-refractivity contribution in [2.75, 3.05) is 0 Å². The lowest BCUT2D eigenvalue weighted by Crippen LogP contribution is -2.34. The predicted molar refractivity (Wildman–Crippen MR) is 80.5 cm³/mol. The minimum atomic E-state index is 0.0336. The molecule has 0 fully saturated rings. The molecule has 0 atom stereocenters. The molecule has 0 spiro atoms. The monoisotopic (exact) mass is 349 g/mol. The van der Waals surface area contributed by atoms with Crippen molar-refractivity contribution in [1.29, 1.82) is 0 Å². The third-order valence-corrected chi connectivity index (χ3v) is 4.10. The highest BCUT2D eigenvalue weighted by Crippen LogP contribution is 2.39. The number of nitrogens with one attached hydrogen (secondary N) is 1. The molecule has 0 unspecified atom stereocenters. The first-order chi connectivity index (χ1) is 8.29. The summed E-state index contributed by atoms with van der Waals surface area (Å²) in [7, 11) is 0. The molecule has 1 aromatic carbocycles. The van der Waals surface area contributed by atoms with E-state index in [0.717, 1.165) is 15.4 Å². The van der Waals surface area contributed by atoms with Gasteiger partial charge in [0.15, 0.2) is 5.58 Å². The summed E-state index contributed by atoms with van der Waals surface area (Å²) in [4.78, 5) is 0. The van der Waals surface area contributed by atoms with Crippen LogP contribution in [0.3, 0.4) is 0 Å². The van der Waals surface area contributed by atoms with Crippen LogP contribution in [0.2, 0.25) is 10.0 Å². The van der Waals surface area contributed by atoms with Gasteiger partial charge < -0.3 is 9.73 Å². The Morgan fingerprint density at radius 1 is 1.33 bits per heavy atom. The van der Waals surface area contributed by atoms with Gasteiger partial charge in [0.25, 0.3) is 0 Å². The van der Waals surface area contributed by atoms with Gasteiger partial charge in [-0.1, -0.05) is 23.2 Å². The van der Waals surface area contributed by atoms with Crippen molar-refractivity contribution in [2.45, 2.75) is 32.9 Å². The number of rotatable bonds is 2. The fraction of sp³-hybridized carbons (Fsp3) is 0.385. The van der Waals surface area contributed by atoms with Crippen molar-refractivity contribution < 1.29 is 4.42 Å². The Morgan fingerprint density at radius 2 is 2.00 bits per heavy atom. The maximum absolute atomic E-state index is 6.30. The van der Waals surface area contributed by atoms with E-state index in [1.807, 2.05) is 0 Å². The van der Waals surface area contributed by atoms with Crippen LogP contribution in [0.1, 0.15) is 26.3 Å². The van der Waals surface area contributed by atoms with E-state index in [-0.39, 0.29) is 5.54 Å². The Hall–Kier alpha value is -0.220. The fourth-order valence-corrected chi connectivity index (χ4v) is 2.73. The van der Waals surface area contributed by atoms with Crippen LogP contribution in [0.25, 0.3) is 11.0 Å². The van der Waals surface area contributed by atoms with E-state index in [0.29, 0.717) is 22.2 Å². The summed E-state index contributed by atoms with van der Waals surface area (Å²) in [6, 6.07) is 1.75.